The Labute approximate surface area is 241 Å². The number of methoxy groups -OCH3 is 1. The molecule has 1 aromatic heterocycles. The number of esters is 1. The van der Waals surface area contributed by atoms with Crippen LogP contribution in [0.4, 0.5) is 0 Å². The van der Waals surface area contributed by atoms with Crippen LogP contribution in [0.25, 0.3) is 33.2 Å². The Bertz CT molecular complexity index is 1660. The molecule has 5 nitrogen and oxygen atoms in total. The van der Waals surface area contributed by atoms with Crippen molar-refractivity contribution in [2.24, 2.45) is 0 Å². The van der Waals surface area contributed by atoms with Crippen molar-refractivity contribution in [1.29, 1.82) is 0 Å². The molecule has 198 valence electrons. The van der Waals surface area contributed by atoms with E-state index in [9.17, 15) is 4.79 Å². The third-order valence-electron chi connectivity index (χ3n) is 6.47. The molecule has 0 aliphatic heterocycles. The molecule has 5 rings (SSSR count). The molecule has 0 saturated heterocycles. The Morgan fingerprint density at radius 3 is 2.41 bits per heavy atom. The van der Waals surface area contributed by atoms with Crippen molar-refractivity contribution in [1.82, 2.24) is 5.16 Å². The van der Waals surface area contributed by atoms with Crippen molar-refractivity contribution in [3.05, 3.63) is 105 Å². The minimum Gasteiger partial charge on any atom is -0.489 e. The van der Waals surface area contributed by atoms with E-state index in [0.29, 0.717) is 44.1 Å². The summed E-state index contributed by atoms with van der Waals surface area (Å²) in [6.07, 6.45) is 1.58. The van der Waals surface area contributed by atoms with E-state index in [4.69, 9.17) is 48.8 Å². The van der Waals surface area contributed by atoms with Crippen molar-refractivity contribution >= 4 is 51.5 Å². The fourth-order valence-electron chi connectivity index (χ4n) is 4.55. The first kappa shape index (κ1) is 27.1. The molecule has 0 aliphatic rings. The van der Waals surface area contributed by atoms with Gasteiger partial charge in [0, 0.05) is 17.5 Å². The lowest BCUT2D eigenvalue weighted by molar-refractivity contribution is 0.0603. The molecule has 0 fully saturated rings. The monoisotopic (exact) mass is 579 g/mol. The van der Waals surface area contributed by atoms with Crippen LogP contribution in [0.2, 0.25) is 15.1 Å². The van der Waals surface area contributed by atoms with Gasteiger partial charge in [-0.2, -0.15) is 0 Å². The predicted octanol–water partition coefficient (Wildman–Crippen LogP) is 9.44. The highest BCUT2D eigenvalue weighted by Crippen LogP contribution is 2.38. The molecule has 0 amide bonds. The van der Waals surface area contributed by atoms with Crippen molar-refractivity contribution in [3.63, 3.8) is 0 Å². The maximum atomic E-state index is 12.1. The quantitative estimate of drug-likeness (QED) is 0.171. The van der Waals surface area contributed by atoms with Gasteiger partial charge in [0.25, 0.3) is 0 Å². The number of nitrogens with zero attached hydrogens (tertiary/aromatic N) is 1. The molecule has 0 radical (unpaired) electrons. The predicted molar refractivity (Wildman–Crippen MR) is 156 cm³/mol. The molecule has 5 aromatic rings. The number of rotatable bonds is 8. The molecule has 0 N–H and O–H groups in total. The lowest BCUT2D eigenvalue weighted by Crippen LogP contribution is -2.01. The van der Waals surface area contributed by atoms with Gasteiger partial charge in [-0.3, -0.25) is 0 Å². The van der Waals surface area contributed by atoms with E-state index >= 15 is 0 Å². The van der Waals surface area contributed by atoms with Gasteiger partial charge >= 0.3 is 5.97 Å². The number of ether oxygens (including phenoxy) is 2. The SMILES string of the molecule is CCCc1onc(-c2c(Cl)cccc2Cl)c1COc1ccc(-c2ccc3c(C(=O)OC)cccc3c2)c(Cl)c1. The van der Waals surface area contributed by atoms with Crippen LogP contribution in [0.15, 0.2) is 77.3 Å². The second-order valence-electron chi connectivity index (χ2n) is 8.94. The Balaban J connectivity index is 1.42. The normalized spacial score (nSPS) is 11.1. The number of fused-ring (bicyclic) bond motifs is 1. The Hall–Kier alpha value is -3.51. The fraction of sp³-hybridized carbons (Fsp3) is 0.161. The molecule has 0 atom stereocenters. The van der Waals surface area contributed by atoms with Gasteiger partial charge in [0.1, 0.15) is 23.8 Å². The summed E-state index contributed by atoms with van der Waals surface area (Å²) in [5, 5.41) is 7.51. The number of carbonyl (C=O) groups is 1. The average Bonchev–Trinajstić information content (AvgIpc) is 3.32. The molecule has 0 unspecified atom stereocenters. The summed E-state index contributed by atoms with van der Waals surface area (Å²) in [7, 11) is 1.37. The van der Waals surface area contributed by atoms with Crippen LogP contribution in [0, 0.1) is 0 Å². The summed E-state index contributed by atoms with van der Waals surface area (Å²) in [6, 6.07) is 22.2. The standard InChI is InChI=1S/C31H24Cl3NO4/c1-3-6-28-24(30(35-39-28)29-25(32)9-5-10-26(29)33)17-38-20-12-14-22(27(34)16-20)19-11-13-21-18(15-19)7-4-8-23(21)31(36)37-2/h4-5,7-16H,3,6,17H2,1-2H3. The minimum atomic E-state index is -0.372. The average molecular weight is 581 g/mol. The van der Waals surface area contributed by atoms with Crippen LogP contribution in [0.1, 0.15) is 35.0 Å². The van der Waals surface area contributed by atoms with Crippen molar-refractivity contribution in [3.8, 4) is 28.1 Å². The largest absolute Gasteiger partial charge is 0.489 e. The zero-order chi connectivity index (χ0) is 27.5. The summed E-state index contributed by atoms with van der Waals surface area (Å²) in [5.74, 6) is 0.953. The first-order valence-electron chi connectivity index (χ1n) is 12.4. The first-order chi connectivity index (χ1) is 18.9. The zero-order valence-corrected chi connectivity index (χ0v) is 23.5. The van der Waals surface area contributed by atoms with Gasteiger partial charge in [-0.15, -0.1) is 0 Å². The minimum absolute atomic E-state index is 0.206. The van der Waals surface area contributed by atoms with E-state index in [1.54, 1.807) is 30.3 Å². The molecule has 8 heteroatoms. The van der Waals surface area contributed by atoms with Crippen molar-refractivity contribution in [2.45, 2.75) is 26.4 Å². The van der Waals surface area contributed by atoms with E-state index < -0.39 is 0 Å². The van der Waals surface area contributed by atoms with E-state index in [0.717, 1.165) is 39.6 Å². The van der Waals surface area contributed by atoms with Crippen LogP contribution < -0.4 is 4.74 Å². The third-order valence-corrected chi connectivity index (χ3v) is 7.41. The summed E-state index contributed by atoms with van der Waals surface area (Å²) in [4.78, 5) is 12.1. The van der Waals surface area contributed by atoms with E-state index in [2.05, 4.69) is 12.1 Å². The van der Waals surface area contributed by atoms with Gasteiger partial charge in [0.05, 0.1) is 33.3 Å². The summed E-state index contributed by atoms with van der Waals surface area (Å²) >= 11 is 19.6. The highest BCUT2D eigenvalue weighted by Gasteiger charge is 2.22. The molecule has 0 spiro atoms. The molecule has 0 aliphatic carbocycles. The lowest BCUT2D eigenvalue weighted by atomic mass is 9.98. The van der Waals surface area contributed by atoms with Crippen LogP contribution in [-0.4, -0.2) is 18.2 Å². The Kier molecular flexibility index (Phi) is 8.12. The van der Waals surface area contributed by atoms with Gasteiger partial charge in [-0.1, -0.05) is 77.2 Å². The van der Waals surface area contributed by atoms with Gasteiger partial charge < -0.3 is 14.0 Å². The van der Waals surface area contributed by atoms with E-state index in [1.807, 2.05) is 42.5 Å². The first-order valence-corrected chi connectivity index (χ1v) is 13.5. The third kappa shape index (κ3) is 5.48. The lowest BCUT2D eigenvalue weighted by Gasteiger charge is -2.12. The maximum Gasteiger partial charge on any atom is 0.338 e. The van der Waals surface area contributed by atoms with Gasteiger partial charge in [-0.25, -0.2) is 4.79 Å². The number of hydrogen-bond donors (Lipinski definition) is 0. The topological polar surface area (TPSA) is 61.6 Å². The molecule has 4 aromatic carbocycles. The van der Waals surface area contributed by atoms with Gasteiger partial charge in [0.15, 0.2) is 0 Å². The Morgan fingerprint density at radius 1 is 0.923 bits per heavy atom. The van der Waals surface area contributed by atoms with Crippen LogP contribution in [0.5, 0.6) is 5.75 Å². The Morgan fingerprint density at radius 2 is 1.69 bits per heavy atom. The van der Waals surface area contributed by atoms with Gasteiger partial charge in [0.2, 0.25) is 0 Å². The molecular weight excluding hydrogens is 557 g/mol. The van der Waals surface area contributed by atoms with Crippen LogP contribution in [-0.2, 0) is 17.8 Å². The van der Waals surface area contributed by atoms with Crippen LogP contribution >= 0.6 is 34.8 Å². The summed E-state index contributed by atoms with van der Waals surface area (Å²) in [5.41, 5.74) is 4.26. The molecule has 0 saturated carbocycles. The van der Waals surface area contributed by atoms with E-state index in [-0.39, 0.29) is 12.6 Å². The number of aryl methyl sites for hydroxylation is 1. The number of aromatic nitrogens is 1. The summed E-state index contributed by atoms with van der Waals surface area (Å²) in [6.45, 7) is 2.27. The molecular formula is C31H24Cl3NO4. The van der Waals surface area contributed by atoms with Gasteiger partial charge in [-0.05, 0) is 65.2 Å². The smallest absolute Gasteiger partial charge is 0.338 e. The molecule has 0 bridgehead atoms. The summed E-state index contributed by atoms with van der Waals surface area (Å²) < 4.78 is 16.7. The molecule has 1 heterocycles. The highest BCUT2D eigenvalue weighted by molar-refractivity contribution is 6.39. The fourth-order valence-corrected chi connectivity index (χ4v) is 5.41. The second-order valence-corrected chi connectivity index (χ2v) is 10.2. The zero-order valence-electron chi connectivity index (χ0n) is 21.3. The van der Waals surface area contributed by atoms with E-state index in [1.165, 1.54) is 7.11 Å². The van der Waals surface area contributed by atoms with Crippen molar-refractivity contribution < 1.29 is 18.8 Å². The maximum absolute atomic E-state index is 12.1. The number of benzene rings is 4. The number of carbonyl (C=O) groups excluding carboxylic acids is 1. The second kappa shape index (κ2) is 11.7. The number of hydrogen-bond acceptors (Lipinski definition) is 5. The highest BCUT2D eigenvalue weighted by atomic mass is 35.5. The number of halogens is 3. The molecule has 39 heavy (non-hydrogen) atoms. The van der Waals surface area contributed by atoms with Crippen LogP contribution in [0.3, 0.4) is 0 Å². The van der Waals surface area contributed by atoms with Crippen molar-refractivity contribution in [2.75, 3.05) is 7.11 Å².